The van der Waals surface area contributed by atoms with Crippen molar-refractivity contribution in [2.24, 2.45) is 0 Å². The maximum atomic E-state index is 12.0. The van der Waals surface area contributed by atoms with Crippen LogP contribution in [-0.2, 0) is 0 Å². The first kappa shape index (κ1) is 12.5. The molecule has 0 amide bonds. The number of nitriles is 1. The van der Waals surface area contributed by atoms with E-state index in [1.165, 1.54) is 0 Å². The number of H-pyrrole nitrogens is 1. The molecule has 1 aromatic rings. The third kappa shape index (κ3) is 2.97. The molecule has 0 fully saturated rings. The molecular formula is C9H11F3N4. The number of aryl methyl sites for hydroxylation is 2. The lowest BCUT2D eigenvalue weighted by molar-refractivity contribution is -0.125. The fraction of sp³-hybridized carbons (Fsp3) is 0.556. The molecule has 1 rings (SSSR count). The number of alkyl halides is 3. The summed E-state index contributed by atoms with van der Waals surface area (Å²) in [5.74, 6) is 0. The van der Waals surface area contributed by atoms with Crippen molar-refractivity contribution < 1.29 is 13.2 Å². The van der Waals surface area contributed by atoms with Crippen molar-refractivity contribution in [2.75, 3.05) is 6.54 Å². The summed E-state index contributed by atoms with van der Waals surface area (Å²) in [5.41, 5.74) is 1.60. The Kier molecular flexibility index (Phi) is 3.55. The number of halogens is 3. The van der Waals surface area contributed by atoms with Crippen molar-refractivity contribution in [3.8, 4) is 6.07 Å². The first-order valence-electron chi connectivity index (χ1n) is 4.56. The number of rotatable bonds is 3. The summed E-state index contributed by atoms with van der Waals surface area (Å²) in [7, 11) is 0. The minimum atomic E-state index is -4.33. The number of aromatic amines is 1. The Morgan fingerprint density at radius 3 is 2.50 bits per heavy atom. The van der Waals surface area contributed by atoms with E-state index in [-0.39, 0.29) is 0 Å². The maximum Gasteiger partial charge on any atom is 0.401 e. The first-order valence-corrected chi connectivity index (χ1v) is 4.56. The molecule has 1 atom stereocenters. The molecule has 4 nitrogen and oxygen atoms in total. The predicted octanol–water partition coefficient (Wildman–Crippen LogP) is 1.74. The molecule has 0 radical (unpaired) electrons. The number of hydrogen-bond donors (Lipinski definition) is 2. The zero-order valence-corrected chi connectivity index (χ0v) is 8.81. The van der Waals surface area contributed by atoms with Crippen molar-refractivity contribution in [2.45, 2.75) is 26.1 Å². The van der Waals surface area contributed by atoms with Gasteiger partial charge in [0.05, 0.1) is 18.3 Å². The SMILES string of the molecule is Cc1n[nH]c(C)c1C(C#N)NCC(F)(F)F. The Balaban J connectivity index is 2.81. The highest BCUT2D eigenvalue weighted by Gasteiger charge is 2.29. The average molecular weight is 232 g/mol. The van der Waals surface area contributed by atoms with Crippen molar-refractivity contribution in [1.82, 2.24) is 15.5 Å². The van der Waals surface area contributed by atoms with Gasteiger partial charge >= 0.3 is 6.18 Å². The third-order valence-electron chi connectivity index (χ3n) is 2.11. The molecule has 2 N–H and O–H groups in total. The van der Waals surface area contributed by atoms with Gasteiger partial charge in [-0.1, -0.05) is 0 Å². The maximum absolute atomic E-state index is 12.0. The van der Waals surface area contributed by atoms with E-state index in [9.17, 15) is 13.2 Å². The van der Waals surface area contributed by atoms with Gasteiger partial charge in [0.25, 0.3) is 0 Å². The van der Waals surface area contributed by atoms with Gasteiger partial charge in [0.2, 0.25) is 0 Å². The van der Waals surface area contributed by atoms with Crippen LogP contribution in [0.4, 0.5) is 13.2 Å². The van der Waals surface area contributed by atoms with E-state index in [2.05, 4.69) is 15.5 Å². The van der Waals surface area contributed by atoms with E-state index in [0.29, 0.717) is 17.0 Å². The smallest absolute Gasteiger partial charge is 0.290 e. The van der Waals surface area contributed by atoms with Crippen LogP contribution in [0.25, 0.3) is 0 Å². The zero-order valence-electron chi connectivity index (χ0n) is 8.81. The number of aromatic nitrogens is 2. The summed E-state index contributed by atoms with van der Waals surface area (Å²) in [6, 6.07) is 0.788. The predicted molar refractivity (Wildman–Crippen MR) is 50.5 cm³/mol. The molecule has 0 saturated carbocycles. The van der Waals surface area contributed by atoms with E-state index in [4.69, 9.17) is 5.26 Å². The molecule has 0 aliphatic heterocycles. The molecule has 16 heavy (non-hydrogen) atoms. The van der Waals surface area contributed by atoms with Crippen molar-refractivity contribution in [3.63, 3.8) is 0 Å². The van der Waals surface area contributed by atoms with Crippen LogP contribution in [0.2, 0.25) is 0 Å². The van der Waals surface area contributed by atoms with Crippen molar-refractivity contribution in [3.05, 3.63) is 17.0 Å². The van der Waals surface area contributed by atoms with Crippen LogP contribution in [0.3, 0.4) is 0 Å². The molecule has 88 valence electrons. The number of nitrogens with zero attached hydrogens (tertiary/aromatic N) is 2. The second kappa shape index (κ2) is 4.53. The summed E-state index contributed by atoms with van der Waals surface area (Å²) in [4.78, 5) is 0. The second-order valence-electron chi connectivity index (χ2n) is 3.41. The summed E-state index contributed by atoms with van der Waals surface area (Å²) < 4.78 is 36.0. The van der Waals surface area contributed by atoms with Crippen LogP contribution in [0.15, 0.2) is 0 Å². The summed E-state index contributed by atoms with van der Waals surface area (Å²) in [6.45, 7) is 2.10. The highest BCUT2D eigenvalue weighted by Crippen LogP contribution is 2.21. The lowest BCUT2D eigenvalue weighted by atomic mass is 10.1. The third-order valence-corrected chi connectivity index (χ3v) is 2.11. The van der Waals surface area contributed by atoms with Gasteiger partial charge in [0, 0.05) is 11.3 Å². The molecule has 1 unspecified atom stereocenters. The lowest BCUT2D eigenvalue weighted by Crippen LogP contribution is -2.31. The van der Waals surface area contributed by atoms with Gasteiger partial charge in [-0.3, -0.25) is 10.4 Å². The van der Waals surface area contributed by atoms with E-state index in [0.717, 1.165) is 0 Å². The van der Waals surface area contributed by atoms with Gasteiger partial charge in [-0.2, -0.15) is 23.5 Å². The summed E-state index contributed by atoms with van der Waals surface area (Å²) in [6.07, 6.45) is -4.33. The lowest BCUT2D eigenvalue weighted by Gasteiger charge is -2.13. The van der Waals surface area contributed by atoms with Gasteiger partial charge in [0.1, 0.15) is 6.04 Å². The molecule has 7 heteroatoms. The minimum Gasteiger partial charge on any atom is -0.290 e. The molecule has 1 heterocycles. The Bertz CT molecular complexity index is 382. The van der Waals surface area contributed by atoms with Crippen LogP contribution < -0.4 is 5.32 Å². The van der Waals surface area contributed by atoms with Crippen LogP contribution in [-0.4, -0.2) is 22.9 Å². The highest BCUT2D eigenvalue weighted by atomic mass is 19.4. The fourth-order valence-electron chi connectivity index (χ4n) is 1.41. The average Bonchev–Trinajstić information content (AvgIpc) is 2.48. The zero-order chi connectivity index (χ0) is 12.3. The Hall–Kier alpha value is -1.55. The van der Waals surface area contributed by atoms with Gasteiger partial charge < -0.3 is 0 Å². The van der Waals surface area contributed by atoms with Gasteiger partial charge in [-0.15, -0.1) is 0 Å². The van der Waals surface area contributed by atoms with Crippen LogP contribution in [0.1, 0.15) is 23.0 Å². The Labute approximate surface area is 90.5 Å². The van der Waals surface area contributed by atoms with E-state index >= 15 is 0 Å². The molecule has 0 aliphatic carbocycles. The highest BCUT2D eigenvalue weighted by molar-refractivity contribution is 5.31. The normalized spacial score (nSPS) is 13.5. The van der Waals surface area contributed by atoms with E-state index in [1.807, 2.05) is 0 Å². The Morgan fingerprint density at radius 1 is 1.50 bits per heavy atom. The molecule has 0 bridgehead atoms. The van der Waals surface area contributed by atoms with Crippen LogP contribution >= 0.6 is 0 Å². The van der Waals surface area contributed by atoms with Crippen LogP contribution in [0.5, 0.6) is 0 Å². The molecule has 0 aliphatic rings. The largest absolute Gasteiger partial charge is 0.401 e. The monoisotopic (exact) mass is 232 g/mol. The first-order chi connectivity index (χ1) is 7.35. The minimum absolute atomic E-state index is 0.478. The fourth-order valence-corrected chi connectivity index (χ4v) is 1.41. The summed E-state index contributed by atoms with van der Waals surface area (Å²) >= 11 is 0. The van der Waals surface area contributed by atoms with E-state index in [1.54, 1.807) is 19.9 Å². The quantitative estimate of drug-likeness (QED) is 0.834. The number of hydrogen-bond acceptors (Lipinski definition) is 3. The molecular weight excluding hydrogens is 221 g/mol. The standard InChI is InChI=1S/C9H11F3N4/c1-5-8(6(2)16-15-5)7(3-13)14-4-9(10,11)12/h7,14H,4H2,1-2H3,(H,15,16). The summed E-state index contributed by atoms with van der Waals surface area (Å²) in [5, 5.41) is 17.4. The van der Waals surface area contributed by atoms with Crippen molar-refractivity contribution >= 4 is 0 Å². The number of nitrogens with one attached hydrogen (secondary N) is 2. The van der Waals surface area contributed by atoms with E-state index < -0.39 is 18.8 Å². The van der Waals surface area contributed by atoms with Crippen molar-refractivity contribution in [1.29, 1.82) is 5.26 Å². The topological polar surface area (TPSA) is 64.5 Å². The molecule has 1 aromatic heterocycles. The van der Waals surface area contributed by atoms with Gasteiger partial charge in [0.15, 0.2) is 0 Å². The molecule has 0 spiro atoms. The molecule has 0 aromatic carbocycles. The van der Waals surface area contributed by atoms with Gasteiger partial charge in [-0.05, 0) is 13.8 Å². The molecule has 0 saturated heterocycles. The van der Waals surface area contributed by atoms with Crippen LogP contribution in [0, 0.1) is 25.2 Å². The Morgan fingerprint density at radius 2 is 2.12 bits per heavy atom. The van der Waals surface area contributed by atoms with Gasteiger partial charge in [-0.25, -0.2) is 0 Å². The second-order valence-corrected chi connectivity index (χ2v) is 3.41.